The Balaban J connectivity index is 1.93. The van der Waals surface area contributed by atoms with Crippen molar-refractivity contribution < 1.29 is 26.4 Å². The molecule has 32 heavy (non-hydrogen) atoms. The summed E-state index contributed by atoms with van der Waals surface area (Å²) in [6, 6.07) is 10.4. The molecule has 0 aliphatic carbocycles. The number of nitrogens with zero attached hydrogens (tertiary/aromatic N) is 1. The molecule has 176 valence electrons. The zero-order chi connectivity index (χ0) is 23.9. The maximum Gasteiger partial charge on any atom is 0.243 e. The van der Waals surface area contributed by atoms with Crippen molar-refractivity contribution in [3.8, 4) is 5.75 Å². The summed E-state index contributed by atoms with van der Waals surface area (Å²) in [5, 5.41) is 2.65. The lowest BCUT2D eigenvalue weighted by atomic mass is 10.2. The molecule has 0 aliphatic heterocycles. The van der Waals surface area contributed by atoms with Gasteiger partial charge >= 0.3 is 0 Å². The second-order valence-electron chi connectivity index (χ2n) is 6.79. The van der Waals surface area contributed by atoms with Crippen LogP contribution in [0.5, 0.6) is 5.75 Å². The second-order valence-corrected chi connectivity index (χ2v) is 10.9. The normalized spacial score (nSPS) is 12.0. The number of hydrogen-bond donors (Lipinski definition) is 2. The van der Waals surface area contributed by atoms with E-state index in [2.05, 4.69) is 10.0 Å². The summed E-state index contributed by atoms with van der Waals surface area (Å²) in [6.07, 6.45) is 0. The van der Waals surface area contributed by atoms with Crippen molar-refractivity contribution in [2.75, 3.05) is 33.3 Å². The van der Waals surface area contributed by atoms with E-state index in [0.717, 1.165) is 9.87 Å². The molecule has 0 fully saturated rings. The molecule has 0 heterocycles. The minimum Gasteiger partial charge on any atom is -0.495 e. The summed E-state index contributed by atoms with van der Waals surface area (Å²) >= 11 is 6.02. The smallest absolute Gasteiger partial charge is 0.243 e. The van der Waals surface area contributed by atoms with Crippen molar-refractivity contribution in [2.24, 2.45) is 0 Å². The minimum atomic E-state index is -3.97. The molecule has 1 amide bonds. The molecule has 2 aromatic carbocycles. The number of sulfonamides is 2. The molecule has 0 aromatic heterocycles. The quantitative estimate of drug-likeness (QED) is 0.450. The monoisotopic (exact) mass is 503 g/mol. The van der Waals surface area contributed by atoms with Gasteiger partial charge in [0.05, 0.1) is 28.5 Å². The maximum absolute atomic E-state index is 12.8. The Labute approximate surface area is 193 Å². The van der Waals surface area contributed by atoms with E-state index in [9.17, 15) is 21.6 Å². The van der Waals surface area contributed by atoms with Crippen LogP contribution in [0, 0.1) is 6.92 Å². The zero-order valence-electron chi connectivity index (χ0n) is 18.0. The minimum absolute atomic E-state index is 0.00408. The third-order valence-electron chi connectivity index (χ3n) is 4.50. The van der Waals surface area contributed by atoms with Gasteiger partial charge in [-0.1, -0.05) is 36.2 Å². The Kier molecular flexibility index (Phi) is 9.05. The highest BCUT2D eigenvalue weighted by Gasteiger charge is 2.26. The molecule has 0 saturated carbocycles. The number of hydrogen-bond acceptors (Lipinski definition) is 6. The first-order valence-corrected chi connectivity index (χ1v) is 13.0. The number of halogens is 1. The largest absolute Gasteiger partial charge is 0.495 e. The molecule has 9 nitrogen and oxygen atoms in total. The highest BCUT2D eigenvalue weighted by Crippen LogP contribution is 2.28. The number of methoxy groups -OCH3 is 1. The molecule has 2 rings (SSSR count). The molecule has 12 heteroatoms. The molecular weight excluding hydrogens is 478 g/mol. The summed E-state index contributed by atoms with van der Waals surface area (Å²) in [4.78, 5) is 12.3. The number of nitrogens with one attached hydrogen (secondary N) is 2. The van der Waals surface area contributed by atoms with Crippen LogP contribution in [0.3, 0.4) is 0 Å². The Hall–Kier alpha value is -2.18. The third-order valence-corrected chi connectivity index (χ3v) is 8.19. The molecule has 0 atom stereocenters. The van der Waals surface area contributed by atoms with Gasteiger partial charge in [0.1, 0.15) is 5.75 Å². The lowest BCUT2D eigenvalue weighted by Crippen LogP contribution is -2.42. The van der Waals surface area contributed by atoms with Gasteiger partial charge in [0.25, 0.3) is 0 Å². The highest BCUT2D eigenvalue weighted by atomic mass is 35.5. The van der Waals surface area contributed by atoms with Gasteiger partial charge in [0.2, 0.25) is 26.0 Å². The van der Waals surface area contributed by atoms with E-state index in [-0.39, 0.29) is 34.4 Å². The van der Waals surface area contributed by atoms with Crippen LogP contribution in [0.4, 0.5) is 0 Å². The van der Waals surface area contributed by atoms with Crippen molar-refractivity contribution >= 4 is 37.6 Å². The molecule has 0 aliphatic rings. The number of carbonyl (C=O) groups excluding carboxylic acids is 1. The molecule has 2 aromatic rings. The van der Waals surface area contributed by atoms with E-state index in [1.807, 2.05) is 6.92 Å². The van der Waals surface area contributed by atoms with E-state index in [1.165, 1.54) is 37.4 Å². The number of rotatable bonds is 11. The van der Waals surface area contributed by atoms with Crippen LogP contribution >= 0.6 is 11.6 Å². The standard InChI is InChI=1S/C20H26ClN3O6S2/c1-4-24(32(28,29)17-9-10-19(30-3)18(21)13-17)14-20(25)22-11-12-23-31(26,27)16-7-5-15(2)6-8-16/h5-10,13,23H,4,11-12,14H2,1-3H3,(H,22,25). The molecule has 0 bridgehead atoms. The predicted octanol–water partition coefficient (Wildman–Crippen LogP) is 1.76. The summed E-state index contributed by atoms with van der Waals surface area (Å²) in [5.74, 6) is -0.232. The molecule has 0 spiro atoms. The summed E-state index contributed by atoms with van der Waals surface area (Å²) < 4.78 is 58.6. The van der Waals surface area contributed by atoms with E-state index >= 15 is 0 Å². The number of benzene rings is 2. The van der Waals surface area contributed by atoms with Gasteiger partial charge in [-0.3, -0.25) is 4.79 Å². The van der Waals surface area contributed by atoms with Gasteiger partial charge in [-0.2, -0.15) is 4.31 Å². The Morgan fingerprint density at radius 3 is 2.22 bits per heavy atom. The average molecular weight is 504 g/mol. The number of likely N-dealkylation sites (N-methyl/N-ethyl adjacent to an activating group) is 1. The van der Waals surface area contributed by atoms with Crippen molar-refractivity contribution in [1.29, 1.82) is 0 Å². The first-order valence-electron chi connectivity index (χ1n) is 9.68. The van der Waals surface area contributed by atoms with Gasteiger partial charge in [0.15, 0.2) is 0 Å². The molecule has 0 unspecified atom stereocenters. The van der Waals surface area contributed by atoms with Crippen LogP contribution in [0.25, 0.3) is 0 Å². The fourth-order valence-corrected chi connectivity index (χ4v) is 5.51. The van der Waals surface area contributed by atoms with E-state index in [1.54, 1.807) is 19.1 Å². The van der Waals surface area contributed by atoms with Crippen LogP contribution in [0.2, 0.25) is 5.02 Å². The fourth-order valence-electron chi connectivity index (χ4n) is 2.73. The molecule has 0 saturated heterocycles. The van der Waals surface area contributed by atoms with Crippen molar-refractivity contribution in [2.45, 2.75) is 23.6 Å². The number of ether oxygens (including phenoxy) is 1. The lowest BCUT2D eigenvalue weighted by Gasteiger charge is -2.20. The highest BCUT2D eigenvalue weighted by molar-refractivity contribution is 7.89. The molecule has 2 N–H and O–H groups in total. The zero-order valence-corrected chi connectivity index (χ0v) is 20.3. The van der Waals surface area contributed by atoms with Gasteiger partial charge < -0.3 is 10.1 Å². The van der Waals surface area contributed by atoms with Crippen LogP contribution in [0.15, 0.2) is 52.3 Å². The van der Waals surface area contributed by atoms with Crippen LogP contribution in [-0.2, 0) is 24.8 Å². The van der Waals surface area contributed by atoms with Gasteiger partial charge in [-0.15, -0.1) is 0 Å². The van der Waals surface area contributed by atoms with Crippen LogP contribution in [-0.4, -0.2) is 60.3 Å². The predicted molar refractivity (Wildman–Crippen MR) is 122 cm³/mol. The van der Waals surface area contributed by atoms with Crippen molar-refractivity contribution in [1.82, 2.24) is 14.3 Å². The van der Waals surface area contributed by atoms with Gasteiger partial charge in [-0.05, 0) is 37.3 Å². The fraction of sp³-hybridized carbons (Fsp3) is 0.350. The molecular formula is C20H26ClN3O6S2. The van der Waals surface area contributed by atoms with E-state index < -0.39 is 32.5 Å². The topological polar surface area (TPSA) is 122 Å². The van der Waals surface area contributed by atoms with Gasteiger partial charge in [-0.25, -0.2) is 21.6 Å². The third kappa shape index (κ3) is 6.66. The van der Waals surface area contributed by atoms with E-state index in [4.69, 9.17) is 16.3 Å². The Morgan fingerprint density at radius 2 is 1.66 bits per heavy atom. The average Bonchev–Trinajstić information content (AvgIpc) is 2.75. The van der Waals surface area contributed by atoms with Crippen molar-refractivity contribution in [3.63, 3.8) is 0 Å². The summed E-state index contributed by atoms with van der Waals surface area (Å²) in [6.45, 7) is 3.03. The first kappa shape index (κ1) is 26.1. The van der Waals surface area contributed by atoms with Crippen LogP contribution < -0.4 is 14.8 Å². The number of amides is 1. The number of carbonyl (C=O) groups is 1. The second kappa shape index (κ2) is 11.1. The summed E-state index contributed by atoms with van der Waals surface area (Å²) in [7, 11) is -6.25. The maximum atomic E-state index is 12.8. The molecule has 0 radical (unpaired) electrons. The van der Waals surface area contributed by atoms with Crippen LogP contribution in [0.1, 0.15) is 12.5 Å². The number of aryl methyl sites for hydroxylation is 1. The van der Waals surface area contributed by atoms with E-state index in [0.29, 0.717) is 5.75 Å². The van der Waals surface area contributed by atoms with Gasteiger partial charge in [0, 0.05) is 19.6 Å². The SMILES string of the molecule is CCN(CC(=O)NCCNS(=O)(=O)c1ccc(C)cc1)S(=O)(=O)c1ccc(OC)c(Cl)c1. The summed E-state index contributed by atoms with van der Waals surface area (Å²) in [5.41, 5.74) is 0.934. The first-order chi connectivity index (χ1) is 15.0. The lowest BCUT2D eigenvalue weighted by molar-refractivity contribution is -0.121. The Bertz CT molecular complexity index is 1150. The van der Waals surface area contributed by atoms with Crippen molar-refractivity contribution in [3.05, 3.63) is 53.1 Å². The Morgan fingerprint density at radius 1 is 1.03 bits per heavy atom.